The van der Waals surface area contributed by atoms with Gasteiger partial charge in [-0.1, -0.05) is 49.5 Å². The Kier molecular flexibility index (Phi) is 4.50. The molecule has 0 bridgehead atoms. The number of hydrogen-bond donors (Lipinski definition) is 0. The van der Waals surface area contributed by atoms with E-state index in [4.69, 9.17) is 0 Å². The third-order valence-corrected chi connectivity index (χ3v) is 3.91. The Morgan fingerprint density at radius 2 is 1.67 bits per heavy atom. The van der Waals surface area contributed by atoms with Crippen LogP contribution < -0.4 is 0 Å². The minimum absolute atomic E-state index is 0.939. The second-order valence-electron chi connectivity index (χ2n) is 5.10. The van der Waals surface area contributed by atoms with E-state index < -0.39 is 0 Å². The van der Waals surface area contributed by atoms with Gasteiger partial charge in [-0.05, 0) is 44.4 Å². The van der Waals surface area contributed by atoms with Crippen molar-refractivity contribution < 1.29 is 0 Å². The average molecular weight is 204 g/mol. The Labute approximate surface area is 94.5 Å². The standard InChI is InChI=1S/C15H24/c1-2-4-6-8-11-15-13-9-12-14(15)10-7-5-3-1/h5,7,10,15H,1-4,6,8-9,11-13H2/b7-5+,14-10-. The van der Waals surface area contributed by atoms with Gasteiger partial charge in [-0.3, -0.25) is 0 Å². The second-order valence-corrected chi connectivity index (χ2v) is 5.10. The molecular formula is C15H24. The quantitative estimate of drug-likeness (QED) is 0.520. The molecule has 84 valence electrons. The monoisotopic (exact) mass is 204 g/mol. The van der Waals surface area contributed by atoms with Crippen molar-refractivity contribution in [2.75, 3.05) is 0 Å². The summed E-state index contributed by atoms with van der Waals surface area (Å²) >= 11 is 0. The van der Waals surface area contributed by atoms with Gasteiger partial charge in [0.1, 0.15) is 0 Å². The Morgan fingerprint density at radius 3 is 2.67 bits per heavy atom. The van der Waals surface area contributed by atoms with Gasteiger partial charge in [0, 0.05) is 0 Å². The summed E-state index contributed by atoms with van der Waals surface area (Å²) in [7, 11) is 0. The van der Waals surface area contributed by atoms with Crippen molar-refractivity contribution in [3.05, 3.63) is 23.8 Å². The largest absolute Gasteiger partial charge is 0.0845 e. The topological polar surface area (TPSA) is 0 Å². The summed E-state index contributed by atoms with van der Waals surface area (Å²) in [5.41, 5.74) is 1.74. The van der Waals surface area contributed by atoms with Crippen LogP contribution in [0.3, 0.4) is 0 Å². The zero-order chi connectivity index (χ0) is 10.3. The van der Waals surface area contributed by atoms with Crippen molar-refractivity contribution in [1.29, 1.82) is 0 Å². The molecule has 2 aliphatic rings. The van der Waals surface area contributed by atoms with Crippen molar-refractivity contribution in [3.63, 3.8) is 0 Å². The molecule has 0 spiro atoms. The van der Waals surface area contributed by atoms with Crippen LogP contribution >= 0.6 is 0 Å². The minimum atomic E-state index is 0.939. The molecule has 2 aliphatic carbocycles. The van der Waals surface area contributed by atoms with Gasteiger partial charge in [0.2, 0.25) is 0 Å². The summed E-state index contributed by atoms with van der Waals surface area (Å²) in [4.78, 5) is 0. The minimum Gasteiger partial charge on any atom is -0.0845 e. The van der Waals surface area contributed by atoms with Crippen LogP contribution in [0, 0.1) is 5.92 Å². The zero-order valence-electron chi connectivity index (χ0n) is 9.88. The van der Waals surface area contributed by atoms with E-state index >= 15 is 0 Å². The van der Waals surface area contributed by atoms with Crippen LogP contribution in [-0.4, -0.2) is 0 Å². The molecule has 0 saturated heterocycles. The van der Waals surface area contributed by atoms with Crippen LogP contribution in [0.5, 0.6) is 0 Å². The highest BCUT2D eigenvalue weighted by molar-refractivity contribution is 5.18. The molecule has 0 aromatic carbocycles. The van der Waals surface area contributed by atoms with Crippen LogP contribution in [0.1, 0.15) is 64.2 Å². The van der Waals surface area contributed by atoms with Crippen molar-refractivity contribution >= 4 is 0 Å². The molecule has 0 heterocycles. The zero-order valence-corrected chi connectivity index (χ0v) is 9.88. The van der Waals surface area contributed by atoms with Gasteiger partial charge in [0.05, 0.1) is 0 Å². The smallest absolute Gasteiger partial charge is 0.0200 e. The normalized spacial score (nSPS) is 34.4. The van der Waals surface area contributed by atoms with E-state index in [9.17, 15) is 0 Å². The van der Waals surface area contributed by atoms with Crippen molar-refractivity contribution in [2.24, 2.45) is 5.92 Å². The van der Waals surface area contributed by atoms with E-state index in [0.29, 0.717) is 0 Å². The average Bonchev–Trinajstić information content (AvgIpc) is 2.65. The van der Waals surface area contributed by atoms with E-state index in [1.165, 1.54) is 64.2 Å². The maximum Gasteiger partial charge on any atom is -0.0200 e. The molecule has 1 fully saturated rings. The van der Waals surface area contributed by atoms with Crippen molar-refractivity contribution in [2.45, 2.75) is 64.2 Å². The molecule has 0 amide bonds. The van der Waals surface area contributed by atoms with E-state index in [1.54, 1.807) is 5.57 Å². The van der Waals surface area contributed by atoms with Crippen LogP contribution in [0.2, 0.25) is 0 Å². The van der Waals surface area contributed by atoms with Gasteiger partial charge in [-0.15, -0.1) is 0 Å². The molecule has 15 heavy (non-hydrogen) atoms. The lowest BCUT2D eigenvalue weighted by Crippen LogP contribution is -1.97. The van der Waals surface area contributed by atoms with Gasteiger partial charge in [0.15, 0.2) is 0 Å². The maximum atomic E-state index is 2.42. The first kappa shape index (κ1) is 11.0. The summed E-state index contributed by atoms with van der Waals surface area (Å²) < 4.78 is 0. The molecule has 1 atom stereocenters. The lowest BCUT2D eigenvalue weighted by molar-refractivity contribution is 0.509. The summed E-state index contributed by atoms with van der Waals surface area (Å²) in [5.74, 6) is 0.939. The number of fused-ring (bicyclic) bond motifs is 1. The van der Waals surface area contributed by atoms with E-state index in [0.717, 1.165) is 5.92 Å². The Bertz CT molecular complexity index is 234. The Hall–Kier alpha value is -0.520. The SMILES string of the molecule is C1=C2/CCCC2CCCCCCC/C=C/1. The fraction of sp³-hybridized carbons (Fsp3) is 0.733. The lowest BCUT2D eigenvalue weighted by atomic mass is 9.94. The Morgan fingerprint density at radius 1 is 0.867 bits per heavy atom. The summed E-state index contributed by atoms with van der Waals surface area (Å²) in [6.07, 6.45) is 21.3. The molecule has 0 aromatic heterocycles. The molecule has 0 heteroatoms. The highest BCUT2D eigenvalue weighted by Gasteiger charge is 2.19. The van der Waals surface area contributed by atoms with Gasteiger partial charge in [-0.2, -0.15) is 0 Å². The molecule has 0 aromatic rings. The van der Waals surface area contributed by atoms with Crippen LogP contribution in [0.4, 0.5) is 0 Å². The molecule has 2 rings (SSSR count). The predicted molar refractivity (Wildman–Crippen MR) is 66.9 cm³/mol. The first-order valence-electron chi connectivity index (χ1n) is 6.82. The first-order chi connectivity index (χ1) is 7.47. The second kappa shape index (κ2) is 6.15. The molecule has 0 N–H and O–H groups in total. The first-order valence-corrected chi connectivity index (χ1v) is 6.82. The highest BCUT2D eigenvalue weighted by Crippen LogP contribution is 2.35. The van der Waals surface area contributed by atoms with Gasteiger partial charge in [0.25, 0.3) is 0 Å². The highest BCUT2D eigenvalue weighted by atomic mass is 14.2. The molecular weight excluding hydrogens is 180 g/mol. The summed E-state index contributed by atoms with van der Waals surface area (Å²) in [5, 5.41) is 0. The summed E-state index contributed by atoms with van der Waals surface area (Å²) in [6, 6.07) is 0. The third kappa shape index (κ3) is 3.52. The summed E-state index contributed by atoms with van der Waals surface area (Å²) in [6.45, 7) is 0. The van der Waals surface area contributed by atoms with Crippen molar-refractivity contribution in [1.82, 2.24) is 0 Å². The molecule has 0 nitrogen and oxygen atoms in total. The van der Waals surface area contributed by atoms with E-state index in [2.05, 4.69) is 18.2 Å². The molecule has 0 radical (unpaired) electrons. The van der Waals surface area contributed by atoms with E-state index in [-0.39, 0.29) is 0 Å². The van der Waals surface area contributed by atoms with Crippen LogP contribution in [-0.2, 0) is 0 Å². The third-order valence-electron chi connectivity index (χ3n) is 3.91. The fourth-order valence-electron chi connectivity index (χ4n) is 2.96. The lowest BCUT2D eigenvalue weighted by Gasteiger charge is -2.12. The van der Waals surface area contributed by atoms with E-state index in [1.807, 2.05) is 0 Å². The van der Waals surface area contributed by atoms with Gasteiger partial charge in [-0.25, -0.2) is 0 Å². The molecule has 0 aliphatic heterocycles. The van der Waals surface area contributed by atoms with Gasteiger partial charge >= 0.3 is 0 Å². The Balaban J connectivity index is 1.95. The number of rotatable bonds is 0. The maximum absolute atomic E-state index is 2.42. The van der Waals surface area contributed by atoms with Crippen LogP contribution in [0.15, 0.2) is 23.8 Å². The van der Waals surface area contributed by atoms with Crippen molar-refractivity contribution in [3.8, 4) is 0 Å². The molecule has 1 unspecified atom stereocenters. The van der Waals surface area contributed by atoms with Crippen LogP contribution in [0.25, 0.3) is 0 Å². The number of hydrogen-bond acceptors (Lipinski definition) is 0. The predicted octanol–water partition coefficient (Wildman–Crippen LogP) is 5.01. The fourth-order valence-corrected chi connectivity index (χ4v) is 2.96. The molecule has 1 saturated carbocycles. The number of allylic oxidation sites excluding steroid dienone is 4. The van der Waals surface area contributed by atoms with Gasteiger partial charge < -0.3 is 0 Å².